The number of aromatic nitrogens is 2. The molecule has 182 valence electrons. The summed E-state index contributed by atoms with van der Waals surface area (Å²) in [5, 5.41) is 3.19. The molecule has 0 radical (unpaired) electrons. The van der Waals surface area contributed by atoms with Crippen LogP contribution in [0.2, 0.25) is 0 Å². The molecule has 6 nitrogen and oxygen atoms in total. The molecule has 0 bridgehead atoms. The van der Waals surface area contributed by atoms with E-state index in [1.54, 1.807) is 4.90 Å². The number of carbonyl (C=O) groups is 1. The average molecular weight is 482 g/mol. The van der Waals surface area contributed by atoms with Crippen molar-refractivity contribution in [2.24, 2.45) is 0 Å². The molecule has 1 aliphatic carbocycles. The van der Waals surface area contributed by atoms with Gasteiger partial charge in [0.2, 0.25) is 0 Å². The number of carbonyl (C=O) groups excluding carboxylic acids is 1. The van der Waals surface area contributed by atoms with Crippen LogP contribution in [0.5, 0.6) is 0 Å². The molecule has 2 aromatic carbocycles. The van der Waals surface area contributed by atoms with E-state index >= 15 is 0 Å². The fraction of sp³-hybridized carbons (Fsp3) is 0.346. The zero-order valence-corrected chi connectivity index (χ0v) is 19.6. The Kier molecular flexibility index (Phi) is 5.75. The second-order valence-electron chi connectivity index (χ2n) is 9.61. The predicted octanol–water partition coefficient (Wildman–Crippen LogP) is 4.86. The van der Waals surface area contributed by atoms with Crippen molar-refractivity contribution >= 4 is 11.7 Å². The van der Waals surface area contributed by atoms with Gasteiger partial charge in [-0.2, -0.15) is 0 Å². The van der Waals surface area contributed by atoms with E-state index < -0.39 is 17.5 Å². The standard InChI is InChI=1S/C26H26F3N5O/c1-33(2)26(18-6-4-3-5-7-18)10-8-25(9-11-26)16-34(24(35)32-25)19-14-30-23(31-15-19)17-12-20(27)22(29)21(28)13-17/h3-7,12-15H,8-11,16H2,1-2H3,(H,32,35)/t25-,26+. The zero-order chi connectivity index (χ0) is 24.8. The Morgan fingerprint density at radius 3 is 2.11 bits per heavy atom. The summed E-state index contributed by atoms with van der Waals surface area (Å²) >= 11 is 0. The molecule has 1 saturated carbocycles. The van der Waals surface area contributed by atoms with Gasteiger partial charge in [-0.25, -0.2) is 27.9 Å². The van der Waals surface area contributed by atoms with Gasteiger partial charge in [-0.1, -0.05) is 30.3 Å². The van der Waals surface area contributed by atoms with Gasteiger partial charge < -0.3 is 5.32 Å². The van der Waals surface area contributed by atoms with Crippen LogP contribution in [0.4, 0.5) is 23.7 Å². The zero-order valence-electron chi connectivity index (χ0n) is 19.6. The lowest BCUT2D eigenvalue weighted by molar-refractivity contribution is 0.0658. The number of urea groups is 1. The van der Waals surface area contributed by atoms with Crippen LogP contribution in [0.1, 0.15) is 31.2 Å². The second kappa shape index (κ2) is 8.64. The molecule has 2 amide bonds. The number of benzene rings is 2. The monoisotopic (exact) mass is 481 g/mol. The fourth-order valence-corrected chi connectivity index (χ4v) is 5.38. The summed E-state index contributed by atoms with van der Waals surface area (Å²) in [6.45, 7) is 0.479. The van der Waals surface area contributed by atoms with Crippen molar-refractivity contribution in [3.8, 4) is 11.4 Å². The van der Waals surface area contributed by atoms with Gasteiger partial charge in [0, 0.05) is 11.1 Å². The Hall–Kier alpha value is -3.46. The Morgan fingerprint density at radius 1 is 0.943 bits per heavy atom. The number of anilines is 1. The van der Waals surface area contributed by atoms with Crippen LogP contribution in [0.25, 0.3) is 11.4 Å². The highest BCUT2D eigenvalue weighted by molar-refractivity contribution is 5.95. The quantitative estimate of drug-likeness (QED) is 0.541. The predicted molar refractivity (Wildman–Crippen MR) is 126 cm³/mol. The minimum atomic E-state index is -1.54. The first kappa shape index (κ1) is 23.3. The molecule has 3 aromatic rings. The molecule has 35 heavy (non-hydrogen) atoms. The van der Waals surface area contributed by atoms with Crippen LogP contribution in [0, 0.1) is 17.5 Å². The molecule has 1 saturated heterocycles. The highest BCUT2D eigenvalue weighted by atomic mass is 19.2. The molecule has 1 aromatic heterocycles. The highest BCUT2D eigenvalue weighted by Crippen LogP contribution is 2.46. The lowest BCUT2D eigenvalue weighted by Crippen LogP contribution is -2.54. The molecule has 2 aliphatic rings. The number of halogens is 3. The van der Waals surface area contributed by atoms with Crippen LogP contribution in [0.15, 0.2) is 54.9 Å². The molecule has 1 aliphatic heterocycles. The topological polar surface area (TPSA) is 61.4 Å². The van der Waals surface area contributed by atoms with Crippen LogP contribution >= 0.6 is 0 Å². The van der Waals surface area contributed by atoms with E-state index in [1.807, 2.05) is 6.07 Å². The third-order valence-corrected chi connectivity index (χ3v) is 7.47. The van der Waals surface area contributed by atoms with Gasteiger partial charge in [0.1, 0.15) is 0 Å². The summed E-state index contributed by atoms with van der Waals surface area (Å²) in [7, 11) is 4.20. The van der Waals surface area contributed by atoms with Gasteiger partial charge in [-0.3, -0.25) is 9.80 Å². The fourth-order valence-electron chi connectivity index (χ4n) is 5.38. The lowest BCUT2D eigenvalue weighted by atomic mass is 9.69. The largest absolute Gasteiger partial charge is 0.330 e. The highest BCUT2D eigenvalue weighted by Gasteiger charge is 2.50. The maximum absolute atomic E-state index is 13.6. The Balaban J connectivity index is 1.33. The SMILES string of the molecule is CN(C)[C@]1(c2ccccc2)CC[C@]2(CC1)CN(c1cnc(-c3cc(F)c(F)c(F)c3)nc1)C(=O)N2. The Labute approximate surface area is 201 Å². The molecule has 0 unspecified atom stereocenters. The van der Waals surface area contributed by atoms with Crippen molar-refractivity contribution in [3.63, 3.8) is 0 Å². The lowest BCUT2D eigenvalue weighted by Gasteiger charge is -2.48. The van der Waals surface area contributed by atoms with Crippen molar-refractivity contribution in [1.29, 1.82) is 0 Å². The molecule has 2 heterocycles. The summed E-state index contributed by atoms with van der Waals surface area (Å²) in [5.41, 5.74) is 1.34. The van der Waals surface area contributed by atoms with Gasteiger partial charge in [0.15, 0.2) is 23.3 Å². The van der Waals surface area contributed by atoms with Crippen molar-refractivity contribution in [2.75, 3.05) is 25.5 Å². The molecule has 2 fully saturated rings. The average Bonchev–Trinajstić information content (AvgIpc) is 3.19. The van der Waals surface area contributed by atoms with E-state index in [0.717, 1.165) is 37.8 Å². The molecule has 5 rings (SSSR count). The number of amides is 2. The van der Waals surface area contributed by atoms with Crippen molar-refractivity contribution in [3.05, 3.63) is 77.9 Å². The smallest absolute Gasteiger partial charge is 0.322 e. The van der Waals surface area contributed by atoms with E-state index in [9.17, 15) is 18.0 Å². The minimum absolute atomic E-state index is 0.0171. The van der Waals surface area contributed by atoms with Crippen molar-refractivity contribution in [2.45, 2.75) is 36.8 Å². The first-order valence-electron chi connectivity index (χ1n) is 11.5. The third kappa shape index (κ3) is 4.03. The van der Waals surface area contributed by atoms with Crippen LogP contribution < -0.4 is 10.2 Å². The first-order valence-corrected chi connectivity index (χ1v) is 11.5. The summed E-state index contributed by atoms with van der Waals surface area (Å²) in [5.74, 6) is -4.12. The Bertz CT molecular complexity index is 1220. The summed E-state index contributed by atoms with van der Waals surface area (Å²) in [6, 6.07) is 11.9. The number of hydrogen-bond donors (Lipinski definition) is 1. The third-order valence-electron chi connectivity index (χ3n) is 7.47. The summed E-state index contributed by atoms with van der Waals surface area (Å²) < 4.78 is 40.4. The number of nitrogens with one attached hydrogen (secondary N) is 1. The first-order chi connectivity index (χ1) is 16.7. The number of nitrogens with zero attached hydrogens (tertiary/aromatic N) is 4. The second-order valence-corrected chi connectivity index (χ2v) is 9.61. The van der Waals surface area contributed by atoms with E-state index in [4.69, 9.17) is 0 Å². The number of rotatable bonds is 4. The van der Waals surface area contributed by atoms with E-state index in [1.165, 1.54) is 18.0 Å². The molecule has 9 heteroatoms. The summed E-state index contributed by atoms with van der Waals surface area (Å²) in [4.78, 5) is 25.1. The van der Waals surface area contributed by atoms with Gasteiger partial charge in [-0.15, -0.1) is 0 Å². The van der Waals surface area contributed by atoms with E-state index in [-0.39, 0.29) is 28.5 Å². The van der Waals surface area contributed by atoms with E-state index in [0.29, 0.717) is 12.2 Å². The van der Waals surface area contributed by atoms with Gasteiger partial charge in [-0.05, 0) is 57.5 Å². The van der Waals surface area contributed by atoms with Gasteiger partial charge in [0.25, 0.3) is 0 Å². The number of hydrogen-bond acceptors (Lipinski definition) is 4. The Morgan fingerprint density at radius 2 is 1.54 bits per heavy atom. The molecule has 1 N–H and O–H groups in total. The molecular weight excluding hydrogens is 455 g/mol. The van der Waals surface area contributed by atoms with Crippen LogP contribution in [-0.2, 0) is 5.54 Å². The van der Waals surface area contributed by atoms with E-state index in [2.05, 4.69) is 58.5 Å². The maximum atomic E-state index is 13.6. The minimum Gasteiger partial charge on any atom is -0.330 e. The molecular formula is C26H26F3N5O. The van der Waals surface area contributed by atoms with Crippen molar-refractivity contribution < 1.29 is 18.0 Å². The van der Waals surface area contributed by atoms with Crippen LogP contribution in [0.3, 0.4) is 0 Å². The molecule has 1 spiro atoms. The summed E-state index contributed by atoms with van der Waals surface area (Å²) in [6.07, 6.45) is 6.31. The van der Waals surface area contributed by atoms with Crippen molar-refractivity contribution in [1.82, 2.24) is 20.2 Å². The maximum Gasteiger partial charge on any atom is 0.322 e. The van der Waals surface area contributed by atoms with Gasteiger partial charge in [0.05, 0.1) is 30.2 Å². The molecule has 0 atom stereocenters. The normalized spacial score (nSPS) is 24.3. The van der Waals surface area contributed by atoms with Crippen LogP contribution in [-0.4, -0.2) is 47.1 Å². The van der Waals surface area contributed by atoms with Gasteiger partial charge >= 0.3 is 6.03 Å².